The number of halogens is 3. The first-order valence-electron chi connectivity index (χ1n) is 6.59. The SMILES string of the molecule is C[C@@H](c1ccc(OC(F)(F)F)cc1)N1CC[C@H](C(=O)O)C1. The minimum Gasteiger partial charge on any atom is -0.481 e. The second kappa shape index (κ2) is 5.93. The molecule has 1 aromatic carbocycles. The molecule has 0 spiro atoms. The number of carboxylic acid groups (broad SMARTS) is 1. The lowest BCUT2D eigenvalue weighted by atomic mass is 10.1. The van der Waals surface area contributed by atoms with Gasteiger partial charge in [0, 0.05) is 12.6 Å². The van der Waals surface area contributed by atoms with Crippen molar-refractivity contribution in [2.24, 2.45) is 5.92 Å². The fourth-order valence-corrected chi connectivity index (χ4v) is 2.50. The zero-order valence-electron chi connectivity index (χ0n) is 11.4. The first-order valence-corrected chi connectivity index (χ1v) is 6.59. The molecule has 0 amide bonds. The highest BCUT2D eigenvalue weighted by molar-refractivity contribution is 5.70. The average molecular weight is 303 g/mol. The Kier molecular flexibility index (Phi) is 4.41. The molecule has 2 atom stereocenters. The zero-order chi connectivity index (χ0) is 15.6. The van der Waals surface area contributed by atoms with Crippen LogP contribution in [0.1, 0.15) is 24.9 Å². The number of alkyl halides is 3. The summed E-state index contributed by atoms with van der Waals surface area (Å²) < 4.78 is 40.1. The third kappa shape index (κ3) is 4.10. The molecule has 0 aliphatic carbocycles. The molecular weight excluding hydrogens is 287 g/mol. The van der Waals surface area contributed by atoms with Crippen LogP contribution in [0, 0.1) is 5.92 Å². The number of carboxylic acids is 1. The molecule has 116 valence electrons. The van der Waals surface area contributed by atoms with Gasteiger partial charge in [-0.3, -0.25) is 9.69 Å². The molecule has 1 saturated heterocycles. The van der Waals surface area contributed by atoms with Crippen LogP contribution in [0.15, 0.2) is 24.3 Å². The standard InChI is InChI=1S/C14H16F3NO3/c1-9(18-7-6-11(8-18)13(19)20)10-2-4-12(5-3-10)21-14(15,16)17/h2-5,9,11H,6-8H2,1H3,(H,19,20)/t9-,11-/m0/s1. The van der Waals surface area contributed by atoms with Crippen molar-refractivity contribution >= 4 is 5.97 Å². The molecule has 0 saturated carbocycles. The van der Waals surface area contributed by atoms with E-state index in [4.69, 9.17) is 5.11 Å². The number of nitrogens with zero attached hydrogens (tertiary/aromatic N) is 1. The molecule has 0 unspecified atom stereocenters. The predicted octanol–water partition coefficient (Wildman–Crippen LogP) is 3.05. The summed E-state index contributed by atoms with van der Waals surface area (Å²) >= 11 is 0. The molecule has 2 rings (SSSR count). The van der Waals surface area contributed by atoms with Crippen LogP contribution in [0.3, 0.4) is 0 Å². The van der Waals surface area contributed by atoms with Crippen molar-refractivity contribution in [1.82, 2.24) is 4.90 Å². The van der Waals surface area contributed by atoms with E-state index in [-0.39, 0.29) is 17.7 Å². The molecule has 21 heavy (non-hydrogen) atoms. The Hall–Kier alpha value is -1.76. The first kappa shape index (κ1) is 15.6. The Morgan fingerprint density at radius 1 is 1.38 bits per heavy atom. The van der Waals surface area contributed by atoms with Crippen LogP contribution in [0.4, 0.5) is 13.2 Å². The zero-order valence-corrected chi connectivity index (χ0v) is 11.4. The highest BCUT2D eigenvalue weighted by atomic mass is 19.4. The maximum Gasteiger partial charge on any atom is 0.573 e. The van der Waals surface area contributed by atoms with E-state index < -0.39 is 12.3 Å². The second-order valence-corrected chi connectivity index (χ2v) is 5.11. The highest BCUT2D eigenvalue weighted by Gasteiger charge is 2.32. The van der Waals surface area contributed by atoms with Gasteiger partial charge in [0.05, 0.1) is 5.92 Å². The van der Waals surface area contributed by atoms with Gasteiger partial charge >= 0.3 is 12.3 Å². The average Bonchev–Trinajstić information content (AvgIpc) is 2.86. The molecule has 7 heteroatoms. The summed E-state index contributed by atoms with van der Waals surface area (Å²) in [5, 5.41) is 8.98. The number of rotatable bonds is 4. The maximum atomic E-state index is 12.1. The molecule has 0 bridgehead atoms. The molecule has 1 aliphatic rings. The summed E-state index contributed by atoms with van der Waals surface area (Å²) in [5.41, 5.74) is 0.829. The van der Waals surface area contributed by atoms with Gasteiger partial charge in [0.25, 0.3) is 0 Å². The Balaban J connectivity index is 2.00. The van der Waals surface area contributed by atoms with E-state index in [9.17, 15) is 18.0 Å². The Morgan fingerprint density at radius 2 is 2.00 bits per heavy atom. The van der Waals surface area contributed by atoms with Gasteiger partial charge in [-0.05, 0) is 37.6 Å². The minimum absolute atomic E-state index is 0.0470. The first-order chi connectivity index (χ1) is 9.76. The quantitative estimate of drug-likeness (QED) is 0.929. The number of carbonyl (C=O) groups is 1. The summed E-state index contributed by atoms with van der Waals surface area (Å²) in [5.74, 6) is -1.44. The van der Waals surface area contributed by atoms with E-state index in [2.05, 4.69) is 4.74 Å². The molecule has 1 aromatic rings. The molecule has 1 aliphatic heterocycles. The minimum atomic E-state index is -4.70. The fourth-order valence-electron chi connectivity index (χ4n) is 2.50. The normalized spacial score (nSPS) is 21.2. The summed E-state index contributed by atoms with van der Waals surface area (Å²) in [6.45, 7) is 3.03. The van der Waals surface area contributed by atoms with E-state index in [0.717, 1.165) is 5.56 Å². The smallest absolute Gasteiger partial charge is 0.481 e. The lowest BCUT2D eigenvalue weighted by Crippen LogP contribution is -2.26. The van der Waals surface area contributed by atoms with Crippen molar-refractivity contribution in [3.63, 3.8) is 0 Å². The Bertz CT molecular complexity index is 501. The summed E-state index contributed by atoms with van der Waals surface area (Å²) in [6, 6.07) is 5.63. The van der Waals surface area contributed by atoms with Crippen LogP contribution in [-0.2, 0) is 4.79 Å². The predicted molar refractivity (Wildman–Crippen MR) is 68.9 cm³/mol. The largest absolute Gasteiger partial charge is 0.573 e. The number of benzene rings is 1. The molecular formula is C14H16F3NO3. The van der Waals surface area contributed by atoms with E-state index >= 15 is 0 Å². The molecule has 4 nitrogen and oxygen atoms in total. The van der Waals surface area contributed by atoms with E-state index in [1.807, 2.05) is 11.8 Å². The lowest BCUT2D eigenvalue weighted by molar-refractivity contribution is -0.274. The second-order valence-electron chi connectivity index (χ2n) is 5.11. The number of hydrogen-bond acceptors (Lipinski definition) is 3. The number of ether oxygens (including phenoxy) is 1. The van der Waals surface area contributed by atoms with Crippen molar-refractivity contribution in [3.05, 3.63) is 29.8 Å². The van der Waals surface area contributed by atoms with Gasteiger partial charge in [-0.2, -0.15) is 0 Å². The lowest BCUT2D eigenvalue weighted by Gasteiger charge is -2.24. The van der Waals surface area contributed by atoms with Gasteiger partial charge in [0.15, 0.2) is 0 Å². The number of hydrogen-bond donors (Lipinski definition) is 1. The third-order valence-electron chi connectivity index (χ3n) is 3.71. The van der Waals surface area contributed by atoms with Gasteiger partial charge in [0.2, 0.25) is 0 Å². The molecule has 1 fully saturated rings. The topological polar surface area (TPSA) is 49.8 Å². The highest BCUT2D eigenvalue weighted by Crippen LogP contribution is 2.29. The summed E-state index contributed by atoms with van der Waals surface area (Å²) in [6.07, 6.45) is -4.11. The van der Waals surface area contributed by atoms with Gasteiger partial charge in [-0.25, -0.2) is 0 Å². The van der Waals surface area contributed by atoms with Crippen molar-refractivity contribution in [2.45, 2.75) is 25.7 Å². The monoisotopic (exact) mass is 303 g/mol. The van der Waals surface area contributed by atoms with E-state index in [1.54, 1.807) is 12.1 Å². The molecule has 1 heterocycles. The van der Waals surface area contributed by atoms with Crippen molar-refractivity contribution in [2.75, 3.05) is 13.1 Å². The molecule has 0 aromatic heterocycles. The van der Waals surface area contributed by atoms with Crippen LogP contribution in [-0.4, -0.2) is 35.4 Å². The van der Waals surface area contributed by atoms with Gasteiger partial charge < -0.3 is 9.84 Å². The van der Waals surface area contributed by atoms with Crippen molar-refractivity contribution in [1.29, 1.82) is 0 Å². The van der Waals surface area contributed by atoms with Crippen LogP contribution < -0.4 is 4.74 Å². The number of aliphatic carboxylic acids is 1. The Morgan fingerprint density at radius 3 is 2.48 bits per heavy atom. The van der Waals surface area contributed by atoms with Crippen molar-refractivity contribution in [3.8, 4) is 5.75 Å². The fraction of sp³-hybridized carbons (Fsp3) is 0.500. The number of likely N-dealkylation sites (tertiary alicyclic amines) is 1. The summed E-state index contributed by atoms with van der Waals surface area (Å²) in [4.78, 5) is 12.9. The Labute approximate surface area is 120 Å². The molecule has 1 N–H and O–H groups in total. The van der Waals surface area contributed by atoms with Crippen molar-refractivity contribution < 1.29 is 27.8 Å². The van der Waals surface area contributed by atoms with Crippen LogP contribution in [0.25, 0.3) is 0 Å². The van der Waals surface area contributed by atoms with Crippen LogP contribution in [0.5, 0.6) is 5.75 Å². The summed E-state index contributed by atoms with van der Waals surface area (Å²) in [7, 11) is 0. The van der Waals surface area contributed by atoms with E-state index in [1.165, 1.54) is 12.1 Å². The van der Waals surface area contributed by atoms with Crippen LogP contribution >= 0.6 is 0 Å². The van der Waals surface area contributed by atoms with Crippen LogP contribution in [0.2, 0.25) is 0 Å². The van der Waals surface area contributed by atoms with E-state index in [0.29, 0.717) is 19.5 Å². The van der Waals surface area contributed by atoms with Gasteiger partial charge in [0.1, 0.15) is 5.75 Å². The third-order valence-corrected chi connectivity index (χ3v) is 3.71. The molecule has 0 radical (unpaired) electrons. The van der Waals surface area contributed by atoms with Gasteiger partial charge in [-0.1, -0.05) is 12.1 Å². The maximum absolute atomic E-state index is 12.1. The van der Waals surface area contributed by atoms with Gasteiger partial charge in [-0.15, -0.1) is 13.2 Å².